The monoisotopic (exact) mass is 1440 g/mol. The van der Waals surface area contributed by atoms with Crippen molar-refractivity contribution in [3.63, 3.8) is 0 Å². The van der Waals surface area contributed by atoms with E-state index in [1.165, 1.54) is 229 Å². The third-order valence-electron chi connectivity index (χ3n) is 24.0. The number of rotatable bonds is 7. The minimum Gasteiger partial charge on any atom is -0.0622 e. The standard InChI is InChI=1S/C40H28.C38H24.C36H24/c1-25-19-21-35(31-15-7-5-13-29(25)31)39-33-17-9-10-18-34(33)40(36-22-20-26(2)30-14-6-8-16-32(30)36)38-24-28-12-4-3-11-27(28)23-37(38)39;1-2-14-28-24-36-35(23-27(28)13-1)37(31-21-9-15-25-11-3-5-17-29(25)31)33-19-7-8-20-34(33)38(36)32-22-10-16-26-12-4-6-18-30(26)32;1-3-13-25(14-4-1)29-19-9-10-20-30(29)36-32-22-12-11-21-31(32)35(26-15-5-2-6-16-26)33-23-27-17-7-8-18-28(27)24-34(33)36/h3-24H,1-2H3;1-24H;1-24H. The second-order valence-electron chi connectivity index (χ2n) is 30.4. The molecule has 0 fully saturated rings. The van der Waals surface area contributed by atoms with E-state index in [9.17, 15) is 0 Å². The van der Waals surface area contributed by atoms with Crippen molar-refractivity contribution in [2.24, 2.45) is 0 Å². The van der Waals surface area contributed by atoms with Crippen LogP contribution >= 0.6 is 0 Å². The van der Waals surface area contributed by atoms with Crippen molar-refractivity contribution in [1.29, 1.82) is 0 Å². The molecule has 532 valence electrons. The molecule has 0 atom stereocenters. The second kappa shape index (κ2) is 28.4. The summed E-state index contributed by atoms with van der Waals surface area (Å²) < 4.78 is 0. The molecule has 0 aromatic heterocycles. The Morgan fingerprint density at radius 1 is 0.114 bits per heavy atom. The summed E-state index contributed by atoms with van der Waals surface area (Å²) in [5, 5.41) is 33.4. The van der Waals surface area contributed by atoms with Gasteiger partial charge in [-0.15, -0.1) is 0 Å². The van der Waals surface area contributed by atoms with Crippen LogP contribution in [0.1, 0.15) is 11.1 Å². The van der Waals surface area contributed by atoms with Crippen LogP contribution in [-0.4, -0.2) is 0 Å². The van der Waals surface area contributed by atoms with Crippen LogP contribution in [0.5, 0.6) is 0 Å². The van der Waals surface area contributed by atoms with Crippen molar-refractivity contribution >= 4 is 140 Å². The van der Waals surface area contributed by atoms with Gasteiger partial charge in [-0.25, -0.2) is 0 Å². The minimum absolute atomic E-state index is 1.23. The Labute approximate surface area is 663 Å². The zero-order valence-corrected chi connectivity index (χ0v) is 63.4. The molecule has 23 aromatic carbocycles. The first kappa shape index (κ1) is 67.5. The average Bonchev–Trinajstić information content (AvgIpc) is 0.734. The Morgan fingerprint density at radius 3 is 0.684 bits per heavy atom. The maximum Gasteiger partial charge on any atom is -0.00199 e. The van der Waals surface area contributed by atoms with Crippen LogP contribution in [0.2, 0.25) is 0 Å². The Morgan fingerprint density at radius 2 is 0.333 bits per heavy atom. The first-order valence-corrected chi connectivity index (χ1v) is 39.7. The van der Waals surface area contributed by atoms with Gasteiger partial charge in [0.25, 0.3) is 0 Å². The summed E-state index contributed by atoms with van der Waals surface area (Å²) in [4.78, 5) is 0. The Balaban J connectivity index is 0.000000108. The molecule has 0 amide bonds. The first-order chi connectivity index (χ1) is 56.4. The van der Waals surface area contributed by atoms with E-state index in [0.717, 1.165) is 0 Å². The van der Waals surface area contributed by atoms with Crippen LogP contribution in [0.25, 0.3) is 218 Å². The van der Waals surface area contributed by atoms with Crippen LogP contribution in [0.15, 0.2) is 425 Å². The second-order valence-corrected chi connectivity index (χ2v) is 30.4. The summed E-state index contributed by atoms with van der Waals surface area (Å²) in [7, 11) is 0. The van der Waals surface area contributed by atoms with Crippen LogP contribution in [0.3, 0.4) is 0 Å². The van der Waals surface area contributed by atoms with Crippen LogP contribution in [0.4, 0.5) is 0 Å². The molecule has 0 aliphatic heterocycles. The highest BCUT2D eigenvalue weighted by Gasteiger charge is 2.25. The van der Waals surface area contributed by atoms with E-state index in [0.29, 0.717) is 0 Å². The van der Waals surface area contributed by atoms with Gasteiger partial charge in [0.2, 0.25) is 0 Å². The lowest BCUT2D eigenvalue weighted by molar-refractivity contribution is 1.53. The molecular weight excluding hydrogens is 1370 g/mol. The van der Waals surface area contributed by atoms with Gasteiger partial charge in [-0.2, -0.15) is 0 Å². The highest BCUT2D eigenvalue weighted by Crippen LogP contribution is 2.52. The molecule has 0 radical (unpaired) electrons. The van der Waals surface area contributed by atoms with Gasteiger partial charge in [-0.3, -0.25) is 0 Å². The molecular formula is C114H76. The minimum atomic E-state index is 1.23. The van der Waals surface area contributed by atoms with E-state index >= 15 is 0 Å². The molecule has 0 spiro atoms. The largest absolute Gasteiger partial charge is 0.0622 e. The predicted molar refractivity (Wildman–Crippen MR) is 494 cm³/mol. The van der Waals surface area contributed by atoms with Gasteiger partial charge in [-0.05, 0) is 279 Å². The lowest BCUT2D eigenvalue weighted by Crippen LogP contribution is -1.94. The number of fused-ring (bicyclic) bond motifs is 13. The van der Waals surface area contributed by atoms with Crippen LogP contribution < -0.4 is 0 Å². The number of aryl methyl sites for hydroxylation is 2. The lowest BCUT2D eigenvalue weighted by atomic mass is 9.82. The Hall–Kier alpha value is -14.6. The van der Waals surface area contributed by atoms with Crippen molar-refractivity contribution in [2.75, 3.05) is 0 Å². The smallest absolute Gasteiger partial charge is 0.00199 e. The summed E-state index contributed by atoms with van der Waals surface area (Å²) in [6.45, 7) is 4.42. The highest BCUT2D eigenvalue weighted by molar-refractivity contribution is 6.30. The van der Waals surface area contributed by atoms with Crippen molar-refractivity contribution in [2.45, 2.75) is 13.8 Å². The molecule has 0 nitrogen and oxygen atoms in total. The summed E-state index contributed by atoms with van der Waals surface area (Å²) in [6, 6.07) is 156. The van der Waals surface area contributed by atoms with E-state index in [1.807, 2.05) is 0 Å². The molecule has 23 rings (SSSR count). The van der Waals surface area contributed by atoms with Crippen molar-refractivity contribution in [3.8, 4) is 77.9 Å². The third kappa shape index (κ3) is 11.5. The fourth-order valence-electron chi connectivity index (χ4n) is 18.7. The quantitative estimate of drug-likeness (QED) is 0.140. The SMILES string of the molecule is Cc1ccc(-c2c3ccccc3c(-c3ccc(C)c4ccccc34)c3cc4ccccc4cc23)c2ccccc12.c1ccc(-c2ccccc2-c2c3ccccc3c(-c3ccccc3)c3cc4ccccc4cc23)cc1.c1ccc2cc3c(-c4cccc5ccccc45)c4ccccc4c(-c4cccc5ccccc45)c3cc2c1. The molecule has 23 aromatic rings. The normalized spacial score (nSPS) is 11.6. The number of hydrogen-bond donors (Lipinski definition) is 0. The van der Waals surface area contributed by atoms with Gasteiger partial charge >= 0.3 is 0 Å². The van der Waals surface area contributed by atoms with E-state index in [1.54, 1.807) is 0 Å². The van der Waals surface area contributed by atoms with Gasteiger partial charge in [0.15, 0.2) is 0 Å². The van der Waals surface area contributed by atoms with Crippen LogP contribution in [-0.2, 0) is 0 Å². The van der Waals surface area contributed by atoms with E-state index in [-0.39, 0.29) is 0 Å². The number of hydrogen-bond acceptors (Lipinski definition) is 0. The summed E-state index contributed by atoms with van der Waals surface area (Å²) in [5.41, 5.74) is 20.6. The Bertz CT molecular complexity index is 7470. The number of benzene rings is 23. The average molecular weight is 1450 g/mol. The molecule has 0 N–H and O–H groups in total. The van der Waals surface area contributed by atoms with Gasteiger partial charge in [0.05, 0.1) is 0 Å². The fourth-order valence-corrected chi connectivity index (χ4v) is 18.7. The molecule has 0 unspecified atom stereocenters. The zero-order valence-electron chi connectivity index (χ0n) is 63.4. The maximum atomic E-state index is 2.42. The van der Waals surface area contributed by atoms with Crippen molar-refractivity contribution in [3.05, 3.63) is 436 Å². The molecule has 0 aliphatic rings. The van der Waals surface area contributed by atoms with Gasteiger partial charge in [0, 0.05) is 0 Å². The zero-order chi connectivity index (χ0) is 75.7. The van der Waals surface area contributed by atoms with Crippen LogP contribution in [0, 0.1) is 13.8 Å². The van der Waals surface area contributed by atoms with Gasteiger partial charge < -0.3 is 0 Å². The third-order valence-corrected chi connectivity index (χ3v) is 24.0. The summed E-state index contributed by atoms with van der Waals surface area (Å²) in [5.74, 6) is 0. The van der Waals surface area contributed by atoms with Crippen molar-refractivity contribution in [1.82, 2.24) is 0 Å². The molecule has 0 heteroatoms. The Kier molecular flexibility index (Phi) is 16.8. The lowest BCUT2D eigenvalue weighted by Gasteiger charge is -2.21. The fraction of sp³-hybridized carbons (Fsp3) is 0.0175. The molecule has 0 aliphatic carbocycles. The van der Waals surface area contributed by atoms with Crippen molar-refractivity contribution < 1.29 is 0 Å². The summed E-state index contributed by atoms with van der Waals surface area (Å²) >= 11 is 0. The van der Waals surface area contributed by atoms with E-state index < -0.39 is 0 Å². The maximum absolute atomic E-state index is 2.42. The van der Waals surface area contributed by atoms with Gasteiger partial charge in [0.1, 0.15) is 0 Å². The van der Waals surface area contributed by atoms with Gasteiger partial charge in [-0.1, -0.05) is 388 Å². The topological polar surface area (TPSA) is 0 Å². The molecule has 114 heavy (non-hydrogen) atoms. The molecule has 0 saturated heterocycles. The predicted octanol–water partition coefficient (Wildman–Crippen LogP) is 32.3. The van der Waals surface area contributed by atoms with E-state index in [4.69, 9.17) is 0 Å². The summed E-state index contributed by atoms with van der Waals surface area (Å²) in [6.07, 6.45) is 0. The highest BCUT2D eigenvalue weighted by atomic mass is 14.3. The first-order valence-electron chi connectivity index (χ1n) is 39.7. The van der Waals surface area contributed by atoms with E-state index in [2.05, 4.69) is 438 Å². The molecule has 0 heterocycles. The molecule has 0 bridgehead atoms. The molecule has 0 saturated carbocycles.